The van der Waals surface area contributed by atoms with Gasteiger partial charge in [0.2, 0.25) is 0 Å². The van der Waals surface area contributed by atoms with Gasteiger partial charge in [-0.2, -0.15) is 0 Å². The van der Waals surface area contributed by atoms with Crippen molar-refractivity contribution in [2.45, 2.75) is 52.4 Å². The van der Waals surface area contributed by atoms with Crippen LogP contribution in [0.15, 0.2) is 109 Å². The van der Waals surface area contributed by atoms with Crippen LogP contribution in [0, 0.1) is 14.3 Å². The minimum Gasteiger partial charge on any atom is -0.418 e. The molecule has 0 saturated carbocycles. The van der Waals surface area contributed by atoms with Crippen LogP contribution < -0.4 is 42.4 Å². The molecule has 4 aromatic rings. The largest absolute Gasteiger partial charge is 0.673 e. The van der Waals surface area contributed by atoms with E-state index >= 15 is 0 Å². The van der Waals surface area contributed by atoms with E-state index in [0.717, 1.165) is 0 Å². The van der Waals surface area contributed by atoms with Crippen molar-refractivity contribution < 1.29 is 59.7 Å². The molecule has 0 unspecified atom stereocenters. The Labute approximate surface area is 252 Å². The average molecular weight is 761 g/mol. The first-order valence-corrected chi connectivity index (χ1v) is 16.9. The van der Waals surface area contributed by atoms with Gasteiger partial charge in [0, 0.05) is 0 Å². The molecule has 0 amide bonds. The van der Waals surface area contributed by atoms with Crippen LogP contribution in [0.3, 0.4) is 0 Å². The Kier molecular flexibility index (Phi) is 13.0. The molecule has 0 bridgehead atoms. The molecule has 0 N–H and O–H groups in total. The number of rotatable bonds is 4. The second-order valence-corrected chi connectivity index (χ2v) is 16.9. The van der Waals surface area contributed by atoms with Gasteiger partial charge in [-0.3, -0.25) is 0 Å². The van der Waals surface area contributed by atoms with Gasteiger partial charge in [0.15, 0.2) is 14.3 Å². The second-order valence-electron chi connectivity index (χ2n) is 10.8. The van der Waals surface area contributed by atoms with Gasteiger partial charge < -0.3 is 17.3 Å². The summed E-state index contributed by atoms with van der Waals surface area (Å²) in [5, 5.41) is 0. The van der Waals surface area contributed by atoms with Gasteiger partial charge in [0.25, 0.3) is 0 Å². The van der Waals surface area contributed by atoms with E-state index in [0.29, 0.717) is 0 Å². The van der Waals surface area contributed by atoms with Crippen molar-refractivity contribution in [2.24, 2.45) is 0 Å². The summed E-state index contributed by atoms with van der Waals surface area (Å²) >= 11 is -0.0416. The minimum absolute atomic E-state index is 0.0287. The summed E-state index contributed by atoms with van der Waals surface area (Å²) in [5.41, 5.74) is 3.31. The van der Waals surface area contributed by atoms with E-state index in [1.807, 2.05) is 0 Å². The van der Waals surface area contributed by atoms with E-state index in [1.54, 1.807) is 0 Å². The molecule has 0 spiro atoms. The van der Waals surface area contributed by atoms with E-state index in [1.165, 1.54) is 25.4 Å². The molecule has 0 aliphatic rings. The number of hydrogen-bond acceptors (Lipinski definition) is 0. The Bertz CT molecular complexity index is 1130. The summed E-state index contributed by atoms with van der Waals surface area (Å²) in [5.74, 6) is 0. The van der Waals surface area contributed by atoms with E-state index in [9.17, 15) is 17.3 Å². The Morgan fingerprint density at radius 3 is 0.872 bits per heavy atom. The highest BCUT2D eigenvalue weighted by Gasteiger charge is 2.21. The van der Waals surface area contributed by atoms with Gasteiger partial charge in [-0.05, 0) is 70.5 Å². The number of halogens is 6. The van der Waals surface area contributed by atoms with Crippen LogP contribution >= 0.6 is 0 Å². The zero-order valence-electron chi connectivity index (χ0n) is 23.2. The standard InChI is InChI=1S/C20H26I.C12H10I.BF4/c1-19(2,3)15-7-11-17(12-8-15)21-18-13-9-16(10-14-18)20(4,5)6;1-3-7-11(8-4-1)13-12-9-5-2-6-10-12;2-1(3,4)5/h7-14H,1-6H3;1-10H;/q2*+1;-1. The lowest BCUT2D eigenvalue weighted by molar-refractivity contribution is -0.597. The quantitative estimate of drug-likeness (QED) is 0.170. The maximum atomic E-state index is 9.75. The van der Waals surface area contributed by atoms with E-state index in [4.69, 9.17) is 0 Å². The Hall–Kier alpha value is -1.88. The summed E-state index contributed by atoms with van der Waals surface area (Å²) in [6.07, 6.45) is 0. The fourth-order valence-electron chi connectivity index (χ4n) is 3.23. The molecule has 0 atom stereocenters. The molecule has 208 valence electrons. The molecule has 0 aromatic heterocycles. The van der Waals surface area contributed by atoms with Crippen molar-refractivity contribution in [3.8, 4) is 0 Å². The van der Waals surface area contributed by atoms with Gasteiger partial charge in [-0.1, -0.05) is 102 Å². The molecule has 39 heavy (non-hydrogen) atoms. The SMILES string of the molecule is CC(C)(C)c1ccc([I+]c2ccc(C(C)(C)C)cc2)cc1.F[B-](F)(F)F.c1ccc([I+]c2ccccc2)cc1. The molecular weight excluding hydrogens is 725 g/mol. The van der Waals surface area contributed by atoms with Crippen LogP contribution in [0.5, 0.6) is 0 Å². The maximum absolute atomic E-state index is 9.75. The lowest BCUT2D eigenvalue weighted by atomic mass is 9.87. The normalized spacial score (nSPS) is 11.5. The van der Waals surface area contributed by atoms with Gasteiger partial charge in [-0.15, -0.1) is 0 Å². The molecule has 4 rings (SSSR count). The van der Waals surface area contributed by atoms with E-state index in [2.05, 4.69) is 151 Å². The Morgan fingerprint density at radius 1 is 0.410 bits per heavy atom. The smallest absolute Gasteiger partial charge is 0.418 e. The fourth-order valence-corrected chi connectivity index (χ4v) is 7.66. The third-order valence-corrected chi connectivity index (χ3v) is 10.7. The van der Waals surface area contributed by atoms with Crippen molar-refractivity contribution in [1.82, 2.24) is 0 Å². The van der Waals surface area contributed by atoms with Crippen molar-refractivity contribution in [3.63, 3.8) is 0 Å². The van der Waals surface area contributed by atoms with Crippen LogP contribution in [-0.2, 0) is 10.8 Å². The molecule has 0 fully saturated rings. The predicted molar refractivity (Wildman–Crippen MR) is 148 cm³/mol. The monoisotopic (exact) mass is 761 g/mol. The lowest BCUT2D eigenvalue weighted by Crippen LogP contribution is -3.61. The summed E-state index contributed by atoms with van der Waals surface area (Å²) < 4.78 is 44.9. The molecule has 0 nitrogen and oxygen atoms in total. The number of hydrogen-bond donors (Lipinski definition) is 0. The van der Waals surface area contributed by atoms with E-state index < -0.39 is 7.25 Å². The highest BCUT2D eigenvalue weighted by atomic mass is 127. The fraction of sp³-hybridized carbons (Fsp3) is 0.250. The van der Waals surface area contributed by atoms with Gasteiger partial charge in [-0.25, -0.2) is 0 Å². The first-order valence-electron chi connectivity index (χ1n) is 12.6. The Balaban J connectivity index is 0.000000250. The van der Waals surface area contributed by atoms with Gasteiger partial charge in [0.05, 0.1) is 0 Å². The summed E-state index contributed by atoms with van der Waals surface area (Å²) in [4.78, 5) is 0. The topological polar surface area (TPSA) is 0 Å². The zero-order valence-corrected chi connectivity index (χ0v) is 27.6. The maximum Gasteiger partial charge on any atom is 0.673 e. The molecule has 0 saturated heterocycles. The van der Waals surface area contributed by atoms with Crippen LogP contribution in [0.2, 0.25) is 0 Å². The lowest BCUT2D eigenvalue weighted by Gasteiger charge is -2.18. The number of benzene rings is 4. The van der Waals surface area contributed by atoms with Crippen LogP contribution in [0.1, 0.15) is 52.7 Å². The molecule has 0 aliphatic heterocycles. The third kappa shape index (κ3) is 14.4. The molecule has 0 heterocycles. The summed E-state index contributed by atoms with van der Waals surface area (Å²) in [6.45, 7) is 13.6. The molecule has 0 aliphatic carbocycles. The Morgan fingerprint density at radius 2 is 0.641 bits per heavy atom. The van der Waals surface area contributed by atoms with Crippen LogP contribution in [0.25, 0.3) is 0 Å². The molecule has 7 heteroatoms. The zero-order chi connectivity index (χ0) is 29.1. The van der Waals surface area contributed by atoms with Crippen molar-refractivity contribution in [2.75, 3.05) is 0 Å². The van der Waals surface area contributed by atoms with E-state index in [-0.39, 0.29) is 53.2 Å². The molecule has 4 aromatic carbocycles. The van der Waals surface area contributed by atoms with Crippen molar-refractivity contribution >= 4 is 7.25 Å². The van der Waals surface area contributed by atoms with Crippen LogP contribution in [-0.4, -0.2) is 7.25 Å². The van der Waals surface area contributed by atoms with Crippen molar-refractivity contribution in [1.29, 1.82) is 0 Å². The first-order chi connectivity index (χ1) is 18.1. The van der Waals surface area contributed by atoms with Crippen LogP contribution in [0.4, 0.5) is 17.3 Å². The third-order valence-electron chi connectivity index (χ3n) is 5.32. The molecular formula is C32H36BF4I2+. The summed E-state index contributed by atoms with van der Waals surface area (Å²) in [6, 6.07) is 39.8. The summed E-state index contributed by atoms with van der Waals surface area (Å²) in [7, 11) is -6.00. The first kappa shape index (κ1) is 33.3. The second kappa shape index (κ2) is 15.2. The van der Waals surface area contributed by atoms with Gasteiger partial charge in [0.1, 0.15) is 0 Å². The van der Waals surface area contributed by atoms with Crippen molar-refractivity contribution in [3.05, 3.63) is 135 Å². The average Bonchev–Trinajstić information content (AvgIpc) is 2.84. The minimum atomic E-state index is -6.00. The molecule has 0 radical (unpaired) electrons. The predicted octanol–water partition coefficient (Wildman–Crippen LogP) is 3.53. The highest BCUT2D eigenvalue weighted by molar-refractivity contribution is 6.50. The van der Waals surface area contributed by atoms with Gasteiger partial charge >= 0.3 is 49.7 Å². The highest BCUT2D eigenvalue weighted by Crippen LogP contribution is 2.21.